The molecule has 0 aliphatic heterocycles. The number of nitrogens with zero attached hydrogens (tertiary/aromatic N) is 1. The second-order valence-electron chi connectivity index (χ2n) is 2.07. The Hall–Kier alpha value is -0.530. The number of carbonyl (C=O) groups excluding carboxylic acids is 1. The Kier molecular flexibility index (Phi) is 4.10. The minimum atomic E-state index is 0.188. The average molecular weight is 128 g/mol. The lowest BCUT2D eigenvalue weighted by molar-refractivity contribution is -0.129. The van der Waals surface area contributed by atoms with E-state index in [9.17, 15) is 4.79 Å². The SMILES string of the molecule is [CH2]CN(C)C(=O)CCC. The molecule has 0 rings (SSSR count). The molecule has 1 amide bonds. The number of amides is 1. The fourth-order valence-corrected chi connectivity index (χ4v) is 0.529. The molecule has 2 heteroatoms. The molecule has 0 aromatic rings. The highest BCUT2D eigenvalue weighted by Gasteiger charge is 2.02. The van der Waals surface area contributed by atoms with E-state index in [2.05, 4.69) is 6.92 Å². The van der Waals surface area contributed by atoms with Crippen LogP contribution < -0.4 is 0 Å². The van der Waals surface area contributed by atoms with E-state index in [1.807, 2.05) is 6.92 Å². The largest absolute Gasteiger partial charge is 0.346 e. The van der Waals surface area contributed by atoms with E-state index in [4.69, 9.17) is 0 Å². The van der Waals surface area contributed by atoms with E-state index >= 15 is 0 Å². The number of hydrogen-bond donors (Lipinski definition) is 0. The maximum absolute atomic E-state index is 10.9. The van der Waals surface area contributed by atoms with Crippen molar-refractivity contribution in [2.75, 3.05) is 13.6 Å². The molecule has 0 aromatic heterocycles. The van der Waals surface area contributed by atoms with Gasteiger partial charge in [-0.25, -0.2) is 0 Å². The molecule has 0 aliphatic carbocycles. The first-order valence-electron chi connectivity index (χ1n) is 3.25. The fourth-order valence-electron chi connectivity index (χ4n) is 0.529. The van der Waals surface area contributed by atoms with Crippen LogP contribution in [0.4, 0.5) is 0 Å². The average Bonchev–Trinajstić information content (AvgIpc) is 1.87. The molecule has 0 N–H and O–H groups in total. The van der Waals surface area contributed by atoms with Crippen LogP contribution in [0.5, 0.6) is 0 Å². The Labute approximate surface area is 56.9 Å². The summed E-state index contributed by atoms with van der Waals surface area (Å²) >= 11 is 0. The van der Waals surface area contributed by atoms with E-state index in [1.165, 1.54) is 0 Å². The normalized spacial score (nSPS) is 9.22. The predicted molar refractivity (Wildman–Crippen MR) is 37.9 cm³/mol. The Balaban J connectivity index is 3.46. The highest BCUT2D eigenvalue weighted by atomic mass is 16.2. The Morgan fingerprint density at radius 2 is 2.22 bits per heavy atom. The molecule has 2 nitrogen and oxygen atoms in total. The van der Waals surface area contributed by atoms with Gasteiger partial charge in [0.05, 0.1) is 0 Å². The summed E-state index contributed by atoms with van der Waals surface area (Å²) in [4.78, 5) is 12.5. The van der Waals surface area contributed by atoms with E-state index in [0.29, 0.717) is 13.0 Å². The monoisotopic (exact) mass is 128 g/mol. The van der Waals surface area contributed by atoms with Crippen LogP contribution in [0.15, 0.2) is 0 Å². The van der Waals surface area contributed by atoms with Gasteiger partial charge >= 0.3 is 0 Å². The van der Waals surface area contributed by atoms with Gasteiger partial charge in [0.1, 0.15) is 0 Å². The van der Waals surface area contributed by atoms with Gasteiger partial charge in [0.2, 0.25) is 5.91 Å². The van der Waals surface area contributed by atoms with Crippen LogP contribution in [0.1, 0.15) is 19.8 Å². The lowest BCUT2D eigenvalue weighted by Gasteiger charge is -2.12. The van der Waals surface area contributed by atoms with Crippen molar-refractivity contribution in [2.24, 2.45) is 0 Å². The molecule has 0 unspecified atom stereocenters. The van der Waals surface area contributed by atoms with Crippen LogP contribution in [0.25, 0.3) is 0 Å². The number of hydrogen-bond acceptors (Lipinski definition) is 1. The Morgan fingerprint density at radius 3 is 2.56 bits per heavy atom. The third kappa shape index (κ3) is 3.12. The molecular formula is C7H14NO. The lowest BCUT2D eigenvalue weighted by atomic mass is 10.3. The number of carbonyl (C=O) groups is 1. The van der Waals surface area contributed by atoms with Crippen molar-refractivity contribution in [3.05, 3.63) is 6.92 Å². The van der Waals surface area contributed by atoms with Crippen LogP contribution in [-0.4, -0.2) is 24.4 Å². The maximum atomic E-state index is 10.9. The lowest BCUT2D eigenvalue weighted by Crippen LogP contribution is -2.25. The minimum absolute atomic E-state index is 0.188. The molecule has 0 atom stereocenters. The summed E-state index contributed by atoms with van der Waals surface area (Å²) < 4.78 is 0. The molecule has 0 fully saturated rings. The first-order chi connectivity index (χ1) is 4.22. The molecule has 9 heavy (non-hydrogen) atoms. The smallest absolute Gasteiger partial charge is 0.222 e. The minimum Gasteiger partial charge on any atom is -0.346 e. The third-order valence-electron chi connectivity index (χ3n) is 1.23. The quantitative estimate of drug-likeness (QED) is 0.557. The highest BCUT2D eigenvalue weighted by molar-refractivity contribution is 5.75. The van der Waals surface area contributed by atoms with Gasteiger partial charge < -0.3 is 4.90 Å². The summed E-state index contributed by atoms with van der Waals surface area (Å²) in [6.07, 6.45) is 1.56. The second-order valence-corrected chi connectivity index (χ2v) is 2.07. The van der Waals surface area contributed by atoms with Gasteiger partial charge in [0.15, 0.2) is 0 Å². The molecule has 0 aromatic carbocycles. The van der Waals surface area contributed by atoms with Gasteiger partial charge in [-0.3, -0.25) is 4.79 Å². The molecule has 53 valence electrons. The van der Waals surface area contributed by atoms with Crippen molar-refractivity contribution in [1.82, 2.24) is 4.90 Å². The molecule has 0 heterocycles. The number of rotatable bonds is 3. The summed E-state index contributed by atoms with van der Waals surface area (Å²) in [5.41, 5.74) is 0. The van der Waals surface area contributed by atoms with Crippen molar-refractivity contribution < 1.29 is 4.79 Å². The van der Waals surface area contributed by atoms with Crippen LogP contribution >= 0.6 is 0 Å². The summed E-state index contributed by atoms with van der Waals surface area (Å²) in [7, 11) is 1.77. The van der Waals surface area contributed by atoms with E-state index in [-0.39, 0.29) is 5.91 Å². The topological polar surface area (TPSA) is 20.3 Å². The first kappa shape index (κ1) is 8.47. The summed E-state index contributed by atoms with van der Waals surface area (Å²) in [6.45, 7) is 6.16. The predicted octanol–water partition coefficient (Wildman–Crippen LogP) is 1.08. The molecule has 1 radical (unpaired) electrons. The van der Waals surface area contributed by atoms with Crippen molar-refractivity contribution in [2.45, 2.75) is 19.8 Å². The zero-order valence-corrected chi connectivity index (χ0v) is 6.18. The van der Waals surface area contributed by atoms with Crippen molar-refractivity contribution in [3.63, 3.8) is 0 Å². The van der Waals surface area contributed by atoms with Gasteiger partial charge in [0.25, 0.3) is 0 Å². The standard InChI is InChI=1S/C7H14NO/c1-4-6-7(9)8(3)5-2/h2,4-6H2,1,3H3. The third-order valence-corrected chi connectivity index (χ3v) is 1.23. The van der Waals surface area contributed by atoms with Gasteiger partial charge in [-0.2, -0.15) is 0 Å². The van der Waals surface area contributed by atoms with Crippen molar-refractivity contribution in [3.8, 4) is 0 Å². The van der Waals surface area contributed by atoms with Crippen LogP contribution in [0, 0.1) is 6.92 Å². The molecule has 0 saturated heterocycles. The summed E-state index contributed by atoms with van der Waals surface area (Å²) in [6, 6.07) is 0. The van der Waals surface area contributed by atoms with Crippen LogP contribution in [0.3, 0.4) is 0 Å². The van der Waals surface area contributed by atoms with Crippen molar-refractivity contribution in [1.29, 1.82) is 0 Å². The van der Waals surface area contributed by atoms with Gasteiger partial charge in [-0.05, 0) is 13.3 Å². The van der Waals surface area contributed by atoms with Crippen LogP contribution in [-0.2, 0) is 4.79 Å². The van der Waals surface area contributed by atoms with E-state index < -0.39 is 0 Å². The van der Waals surface area contributed by atoms with Gasteiger partial charge in [-0.1, -0.05) is 6.92 Å². The zero-order valence-electron chi connectivity index (χ0n) is 6.18. The molecule has 0 saturated carbocycles. The van der Waals surface area contributed by atoms with Crippen molar-refractivity contribution >= 4 is 5.91 Å². The Morgan fingerprint density at radius 1 is 1.67 bits per heavy atom. The second kappa shape index (κ2) is 4.36. The maximum Gasteiger partial charge on any atom is 0.222 e. The first-order valence-corrected chi connectivity index (χ1v) is 3.25. The van der Waals surface area contributed by atoms with Gasteiger partial charge in [0, 0.05) is 20.0 Å². The molecule has 0 bridgehead atoms. The van der Waals surface area contributed by atoms with Crippen LogP contribution in [0.2, 0.25) is 0 Å². The van der Waals surface area contributed by atoms with E-state index in [1.54, 1.807) is 11.9 Å². The highest BCUT2D eigenvalue weighted by Crippen LogP contribution is 1.92. The zero-order chi connectivity index (χ0) is 7.28. The summed E-state index contributed by atoms with van der Waals surface area (Å²) in [5.74, 6) is 0.188. The molecule has 0 aliphatic rings. The van der Waals surface area contributed by atoms with E-state index in [0.717, 1.165) is 6.42 Å². The molecular weight excluding hydrogens is 114 g/mol. The summed E-state index contributed by atoms with van der Waals surface area (Å²) in [5, 5.41) is 0. The molecule has 0 spiro atoms. The Bertz CT molecular complexity index is 90.9. The van der Waals surface area contributed by atoms with Gasteiger partial charge in [-0.15, -0.1) is 0 Å². The fraction of sp³-hybridized carbons (Fsp3) is 0.714.